The van der Waals surface area contributed by atoms with Crippen LogP contribution >= 0.6 is 0 Å². The molecule has 120 valence electrons. The van der Waals surface area contributed by atoms with E-state index >= 15 is 0 Å². The molecule has 0 N–H and O–H groups in total. The summed E-state index contributed by atoms with van der Waals surface area (Å²) in [7, 11) is 1.65. The molecule has 0 amide bonds. The SMILES string of the molecule is COCCOCCOCCO[C@@H](C)COc1ccccc1. The van der Waals surface area contributed by atoms with Crippen molar-refractivity contribution in [3.63, 3.8) is 0 Å². The molecule has 0 fully saturated rings. The lowest BCUT2D eigenvalue weighted by Gasteiger charge is -2.14. The van der Waals surface area contributed by atoms with Crippen molar-refractivity contribution >= 4 is 0 Å². The lowest BCUT2D eigenvalue weighted by molar-refractivity contribution is -0.0220. The monoisotopic (exact) mass is 298 g/mol. The van der Waals surface area contributed by atoms with Crippen LogP contribution in [-0.2, 0) is 18.9 Å². The summed E-state index contributed by atoms with van der Waals surface area (Å²) in [6.07, 6.45) is 0.0340. The van der Waals surface area contributed by atoms with Crippen LogP contribution in [0.25, 0.3) is 0 Å². The van der Waals surface area contributed by atoms with Gasteiger partial charge in [-0.15, -0.1) is 0 Å². The Morgan fingerprint density at radius 3 is 2.14 bits per heavy atom. The third kappa shape index (κ3) is 10.3. The fourth-order valence-electron chi connectivity index (χ4n) is 1.55. The Morgan fingerprint density at radius 1 is 0.857 bits per heavy atom. The van der Waals surface area contributed by atoms with Crippen molar-refractivity contribution < 1.29 is 23.7 Å². The van der Waals surface area contributed by atoms with Gasteiger partial charge < -0.3 is 23.7 Å². The average Bonchev–Trinajstić information content (AvgIpc) is 2.52. The summed E-state index contributed by atoms with van der Waals surface area (Å²) in [5, 5.41) is 0. The molecule has 21 heavy (non-hydrogen) atoms. The van der Waals surface area contributed by atoms with E-state index in [1.54, 1.807) is 7.11 Å². The van der Waals surface area contributed by atoms with Crippen molar-refractivity contribution in [2.24, 2.45) is 0 Å². The highest BCUT2D eigenvalue weighted by Gasteiger charge is 2.03. The minimum Gasteiger partial charge on any atom is -0.491 e. The van der Waals surface area contributed by atoms with Gasteiger partial charge in [0.1, 0.15) is 12.4 Å². The van der Waals surface area contributed by atoms with Crippen LogP contribution in [0.5, 0.6) is 5.75 Å². The summed E-state index contributed by atoms with van der Waals surface area (Å²) < 4.78 is 26.7. The number of ether oxygens (including phenoxy) is 5. The first-order chi connectivity index (χ1) is 10.3. The number of para-hydroxylation sites is 1. The first kappa shape index (κ1) is 17.9. The molecule has 0 radical (unpaired) electrons. The van der Waals surface area contributed by atoms with E-state index in [0.717, 1.165) is 5.75 Å². The van der Waals surface area contributed by atoms with Crippen LogP contribution < -0.4 is 4.74 Å². The van der Waals surface area contributed by atoms with Gasteiger partial charge in [0.05, 0.1) is 45.7 Å². The maximum atomic E-state index is 5.60. The van der Waals surface area contributed by atoms with Crippen molar-refractivity contribution in [3.8, 4) is 5.75 Å². The van der Waals surface area contributed by atoms with Crippen LogP contribution in [0.2, 0.25) is 0 Å². The molecular formula is C16H26O5. The number of hydrogen-bond donors (Lipinski definition) is 0. The van der Waals surface area contributed by atoms with Crippen LogP contribution in [0.3, 0.4) is 0 Å². The second-order valence-corrected chi connectivity index (χ2v) is 4.52. The fourth-order valence-corrected chi connectivity index (χ4v) is 1.55. The highest BCUT2D eigenvalue weighted by molar-refractivity contribution is 5.20. The van der Waals surface area contributed by atoms with E-state index in [1.165, 1.54) is 0 Å². The Balaban J connectivity index is 1.88. The Labute approximate surface area is 127 Å². The van der Waals surface area contributed by atoms with Crippen molar-refractivity contribution in [1.29, 1.82) is 0 Å². The van der Waals surface area contributed by atoms with Gasteiger partial charge in [0.25, 0.3) is 0 Å². The second kappa shape index (κ2) is 12.6. The molecule has 0 heterocycles. The Kier molecular flexibility index (Phi) is 10.7. The summed E-state index contributed by atoms with van der Waals surface area (Å²) in [4.78, 5) is 0. The molecule has 1 atom stereocenters. The van der Waals surface area contributed by atoms with E-state index in [4.69, 9.17) is 23.7 Å². The zero-order chi connectivity index (χ0) is 15.2. The molecular weight excluding hydrogens is 272 g/mol. The molecule has 0 bridgehead atoms. The highest BCUT2D eigenvalue weighted by Crippen LogP contribution is 2.08. The van der Waals surface area contributed by atoms with Gasteiger partial charge in [0.15, 0.2) is 0 Å². The second-order valence-electron chi connectivity index (χ2n) is 4.52. The molecule has 1 aromatic carbocycles. The van der Waals surface area contributed by atoms with E-state index in [0.29, 0.717) is 46.2 Å². The molecule has 0 aliphatic heterocycles. The third-order valence-electron chi connectivity index (χ3n) is 2.66. The molecule has 0 spiro atoms. The molecule has 0 saturated carbocycles. The summed E-state index contributed by atoms with van der Waals surface area (Å²) >= 11 is 0. The van der Waals surface area contributed by atoms with Crippen LogP contribution in [0, 0.1) is 0 Å². The lowest BCUT2D eigenvalue weighted by Crippen LogP contribution is -2.21. The van der Waals surface area contributed by atoms with Gasteiger partial charge in [-0.3, -0.25) is 0 Å². The standard InChI is InChI=1S/C16H26O5/c1-15(14-21-16-6-4-3-5-7-16)20-13-12-19-11-10-18-9-8-17-2/h3-7,15H,8-14H2,1-2H3/t15-/m0/s1. The number of benzene rings is 1. The van der Waals surface area contributed by atoms with Crippen molar-refractivity contribution in [1.82, 2.24) is 0 Å². The predicted octanol–water partition coefficient (Wildman–Crippen LogP) is 2.15. The zero-order valence-corrected chi connectivity index (χ0v) is 13.0. The van der Waals surface area contributed by atoms with Crippen molar-refractivity contribution in [2.75, 3.05) is 53.4 Å². The minimum atomic E-state index is 0.0340. The van der Waals surface area contributed by atoms with Crippen molar-refractivity contribution in [2.45, 2.75) is 13.0 Å². The van der Waals surface area contributed by atoms with Gasteiger partial charge in [-0.25, -0.2) is 0 Å². The maximum absolute atomic E-state index is 5.60. The topological polar surface area (TPSA) is 46.2 Å². The summed E-state index contributed by atoms with van der Waals surface area (Å²) in [5.41, 5.74) is 0. The average molecular weight is 298 g/mol. The third-order valence-corrected chi connectivity index (χ3v) is 2.66. The smallest absolute Gasteiger partial charge is 0.119 e. The van der Waals surface area contributed by atoms with Crippen LogP contribution in [-0.4, -0.2) is 59.5 Å². The normalized spacial score (nSPS) is 12.3. The molecule has 1 rings (SSSR count). The van der Waals surface area contributed by atoms with Gasteiger partial charge in [-0.1, -0.05) is 18.2 Å². The molecule has 0 aliphatic carbocycles. The number of rotatable bonds is 13. The molecule has 0 aromatic heterocycles. The van der Waals surface area contributed by atoms with Gasteiger partial charge in [0.2, 0.25) is 0 Å². The van der Waals surface area contributed by atoms with E-state index in [9.17, 15) is 0 Å². The van der Waals surface area contributed by atoms with Crippen LogP contribution in [0.4, 0.5) is 0 Å². The molecule has 0 saturated heterocycles. The van der Waals surface area contributed by atoms with E-state index in [2.05, 4.69) is 0 Å². The number of hydrogen-bond acceptors (Lipinski definition) is 5. The maximum Gasteiger partial charge on any atom is 0.119 e. The minimum absolute atomic E-state index is 0.0340. The van der Waals surface area contributed by atoms with E-state index in [1.807, 2.05) is 37.3 Å². The fraction of sp³-hybridized carbons (Fsp3) is 0.625. The Bertz CT molecular complexity index is 331. The molecule has 5 heteroatoms. The summed E-state index contributed by atoms with van der Waals surface area (Å²) in [6.45, 7) is 5.99. The Hall–Kier alpha value is -1.14. The lowest BCUT2D eigenvalue weighted by atomic mass is 10.3. The summed E-state index contributed by atoms with van der Waals surface area (Å²) in [5.74, 6) is 0.859. The summed E-state index contributed by atoms with van der Waals surface area (Å²) in [6, 6.07) is 9.72. The van der Waals surface area contributed by atoms with E-state index in [-0.39, 0.29) is 6.10 Å². The molecule has 0 unspecified atom stereocenters. The predicted molar refractivity (Wildman–Crippen MR) is 80.9 cm³/mol. The number of methoxy groups -OCH3 is 1. The van der Waals surface area contributed by atoms with Gasteiger partial charge >= 0.3 is 0 Å². The first-order valence-electron chi connectivity index (χ1n) is 7.27. The first-order valence-corrected chi connectivity index (χ1v) is 7.27. The zero-order valence-electron chi connectivity index (χ0n) is 13.0. The molecule has 0 aliphatic rings. The van der Waals surface area contributed by atoms with Crippen molar-refractivity contribution in [3.05, 3.63) is 30.3 Å². The van der Waals surface area contributed by atoms with Gasteiger partial charge in [-0.2, -0.15) is 0 Å². The molecule has 5 nitrogen and oxygen atoms in total. The van der Waals surface area contributed by atoms with Gasteiger partial charge in [0, 0.05) is 7.11 Å². The molecule has 1 aromatic rings. The van der Waals surface area contributed by atoms with Gasteiger partial charge in [-0.05, 0) is 19.1 Å². The Morgan fingerprint density at radius 2 is 1.48 bits per heavy atom. The quantitative estimate of drug-likeness (QED) is 0.522. The van der Waals surface area contributed by atoms with E-state index < -0.39 is 0 Å². The van der Waals surface area contributed by atoms with Crippen LogP contribution in [0.15, 0.2) is 30.3 Å². The highest BCUT2D eigenvalue weighted by atomic mass is 16.6. The van der Waals surface area contributed by atoms with Crippen LogP contribution in [0.1, 0.15) is 6.92 Å². The largest absolute Gasteiger partial charge is 0.491 e.